The van der Waals surface area contributed by atoms with Gasteiger partial charge in [-0.05, 0) is 28.8 Å². The smallest absolute Gasteiger partial charge is 0.319 e. The third-order valence-electron chi connectivity index (χ3n) is 5.87. The third kappa shape index (κ3) is 7.56. The fourth-order valence-corrected chi connectivity index (χ4v) is 4.79. The van der Waals surface area contributed by atoms with Crippen molar-refractivity contribution in [3.63, 3.8) is 0 Å². The summed E-state index contributed by atoms with van der Waals surface area (Å²) >= 11 is 1.65. The Hall–Kier alpha value is -2.88. The van der Waals surface area contributed by atoms with Gasteiger partial charge >= 0.3 is 6.03 Å². The van der Waals surface area contributed by atoms with Gasteiger partial charge in [0, 0.05) is 35.7 Å². The molecule has 0 spiro atoms. The Morgan fingerprint density at radius 1 is 0.917 bits per heavy atom. The maximum Gasteiger partial charge on any atom is 0.319 e. The lowest BCUT2D eigenvalue weighted by Gasteiger charge is -2.36. The first-order chi connectivity index (χ1) is 17.6. The SMILES string of the molecule is O=C(NCc1ccccc1)Nc1cccc(C2OC(CSCCO)CC(c3ccc(CO)cc3)O2)c1. The van der Waals surface area contributed by atoms with Gasteiger partial charge in [-0.2, -0.15) is 11.8 Å². The molecule has 0 saturated carbocycles. The number of nitrogens with one attached hydrogen (secondary N) is 2. The van der Waals surface area contributed by atoms with Crippen LogP contribution in [0.5, 0.6) is 0 Å². The van der Waals surface area contributed by atoms with E-state index in [0.717, 1.165) is 28.0 Å². The van der Waals surface area contributed by atoms with Crippen LogP contribution in [0.1, 0.15) is 41.1 Å². The predicted octanol–water partition coefficient (Wildman–Crippen LogP) is 4.77. The summed E-state index contributed by atoms with van der Waals surface area (Å²) in [6.45, 7) is 0.561. The van der Waals surface area contributed by atoms with Crippen molar-refractivity contribution < 1.29 is 24.5 Å². The van der Waals surface area contributed by atoms with E-state index in [1.54, 1.807) is 11.8 Å². The fourth-order valence-electron chi connectivity index (χ4n) is 4.02. The molecule has 0 aromatic heterocycles. The van der Waals surface area contributed by atoms with Crippen LogP contribution in [0.15, 0.2) is 78.9 Å². The lowest BCUT2D eigenvalue weighted by atomic mass is 10.0. The lowest BCUT2D eigenvalue weighted by Crippen LogP contribution is -2.31. The standard InChI is InChI=1S/C28H32N2O5S/c31-13-14-36-19-25-16-26(22-11-9-21(18-32)10-12-22)35-27(34-25)23-7-4-8-24(15-23)30-28(33)29-17-20-5-2-1-3-6-20/h1-12,15,25-27,31-32H,13-14,16-19H2,(H2,29,30,33). The molecule has 7 nitrogen and oxygen atoms in total. The van der Waals surface area contributed by atoms with Crippen molar-refractivity contribution in [2.75, 3.05) is 23.4 Å². The van der Waals surface area contributed by atoms with Crippen LogP contribution in [0.4, 0.5) is 10.5 Å². The van der Waals surface area contributed by atoms with Gasteiger partial charge in [0.2, 0.25) is 0 Å². The molecule has 190 valence electrons. The zero-order valence-electron chi connectivity index (χ0n) is 20.0. The molecule has 1 aliphatic heterocycles. The van der Waals surface area contributed by atoms with Crippen LogP contribution in [0.2, 0.25) is 0 Å². The van der Waals surface area contributed by atoms with Crippen molar-refractivity contribution in [3.05, 3.63) is 101 Å². The van der Waals surface area contributed by atoms with E-state index in [4.69, 9.17) is 14.6 Å². The molecular weight excluding hydrogens is 476 g/mol. The van der Waals surface area contributed by atoms with Gasteiger partial charge in [0.05, 0.1) is 25.4 Å². The molecule has 4 N–H and O–H groups in total. The topological polar surface area (TPSA) is 100 Å². The van der Waals surface area contributed by atoms with Gasteiger partial charge < -0.3 is 30.3 Å². The minimum Gasteiger partial charge on any atom is -0.396 e. The monoisotopic (exact) mass is 508 g/mol. The molecule has 3 aromatic rings. The highest BCUT2D eigenvalue weighted by Gasteiger charge is 2.32. The third-order valence-corrected chi connectivity index (χ3v) is 6.95. The summed E-state index contributed by atoms with van der Waals surface area (Å²) < 4.78 is 12.7. The number of aliphatic hydroxyl groups is 2. The number of thioether (sulfide) groups is 1. The molecule has 4 rings (SSSR count). The summed E-state index contributed by atoms with van der Waals surface area (Å²) in [6, 6.07) is 24.7. The van der Waals surface area contributed by atoms with Gasteiger partial charge in [0.25, 0.3) is 0 Å². The number of urea groups is 1. The molecule has 3 unspecified atom stereocenters. The number of rotatable bonds is 10. The molecule has 0 bridgehead atoms. The van der Waals surface area contributed by atoms with Gasteiger partial charge in [0.15, 0.2) is 6.29 Å². The highest BCUT2D eigenvalue weighted by atomic mass is 32.2. The minimum atomic E-state index is -0.602. The molecule has 2 amide bonds. The summed E-state index contributed by atoms with van der Waals surface area (Å²) in [5.74, 6) is 1.39. The van der Waals surface area contributed by atoms with E-state index in [2.05, 4.69) is 10.6 Å². The van der Waals surface area contributed by atoms with Crippen LogP contribution in [0.3, 0.4) is 0 Å². The maximum absolute atomic E-state index is 12.4. The van der Waals surface area contributed by atoms with E-state index < -0.39 is 6.29 Å². The van der Waals surface area contributed by atoms with Gasteiger partial charge in [-0.1, -0.05) is 66.7 Å². The van der Waals surface area contributed by atoms with Crippen LogP contribution in [-0.4, -0.2) is 40.5 Å². The largest absolute Gasteiger partial charge is 0.396 e. The molecule has 1 aliphatic rings. The van der Waals surface area contributed by atoms with Crippen LogP contribution < -0.4 is 10.6 Å². The Bertz CT molecular complexity index is 1100. The molecule has 1 heterocycles. The first-order valence-electron chi connectivity index (χ1n) is 12.0. The second kappa shape index (κ2) is 13.4. The number of carbonyl (C=O) groups is 1. The highest BCUT2D eigenvalue weighted by molar-refractivity contribution is 7.99. The number of carbonyl (C=O) groups excluding carboxylic acids is 1. The maximum atomic E-state index is 12.4. The van der Waals surface area contributed by atoms with Crippen molar-refractivity contribution in [2.24, 2.45) is 0 Å². The van der Waals surface area contributed by atoms with Crippen LogP contribution in [-0.2, 0) is 22.6 Å². The van der Waals surface area contributed by atoms with E-state index in [1.165, 1.54) is 0 Å². The Balaban J connectivity index is 1.44. The lowest BCUT2D eigenvalue weighted by molar-refractivity contribution is -0.245. The normalized spacial score (nSPS) is 19.6. The van der Waals surface area contributed by atoms with E-state index in [1.807, 2.05) is 78.9 Å². The highest BCUT2D eigenvalue weighted by Crippen LogP contribution is 2.39. The average Bonchev–Trinajstić information content (AvgIpc) is 2.93. The Morgan fingerprint density at radius 2 is 1.72 bits per heavy atom. The first-order valence-corrected chi connectivity index (χ1v) is 13.2. The van der Waals surface area contributed by atoms with Crippen molar-refractivity contribution in [2.45, 2.75) is 38.1 Å². The summed E-state index contributed by atoms with van der Waals surface area (Å²) in [5, 5.41) is 24.3. The van der Waals surface area contributed by atoms with Crippen molar-refractivity contribution in [1.29, 1.82) is 0 Å². The Labute approximate surface area is 215 Å². The zero-order valence-corrected chi connectivity index (χ0v) is 20.8. The van der Waals surface area contributed by atoms with Crippen molar-refractivity contribution >= 4 is 23.5 Å². The fraction of sp³-hybridized carbons (Fsp3) is 0.321. The van der Waals surface area contributed by atoms with E-state index in [9.17, 15) is 9.90 Å². The number of ether oxygens (including phenoxy) is 2. The minimum absolute atomic E-state index is 0.00329. The van der Waals surface area contributed by atoms with Gasteiger partial charge in [0.1, 0.15) is 0 Å². The number of benzene rings is 3. The zero-order chi connectivity index (χ0) is 25.2. The summed E-state index contributed by atoms with van der Waals surface area (Å²) in [6.07, 6.45) is -0.154. The van der Waals surface area contributed by atoms with Crippen LogP contribution >= 0.6 is 11.8 Å². The van der Waals surface area contributed by atoms with Crippen molar-refractivity contribution in [3.8, 4) is 0 Å². The number of anilines is 1. The number of hydrogen-bond donors (Lipinski definition) is 4. The molecule has 0 aliphatic carbocycles. The van der Waals surface area contributed by atoms with E-state index >= 15 is 0 Å². The summed E-state index contributed by atoms with van der Waals surface area (Å²) in [7, 11) is 0. The first kappa shape index (κ1) is 26.2. The van der Waals surface area contributed by atoms with Gasteiger partial charge in [-0.15, -0.1) is 0 Å². The molecule has 1 saturated heterocycles. The predicted molar refractivity (Wildman–Crippen MR) is 142 cm³/mol. The Kier molecular flexibility index (Phi) is 9.77. The number of amides is 2. The Morgan fingerprint density at radius 3 is 2.47 bits per heavy atom. The molecule has 3 aromatic carbocycles. The van der Waals surface area contributed by atoms with Crippen molar-refractivity contribution in [1.82, 2.24) is 5.32 Å². The van der Waals surface area contributed by atoms with E-state index in [0.29, 0.717) is 24.4 Å². The van der Waals surface area contributed by atoms with Gasteiger partial charge in [-0.3, -0.25) is 0 Å². The molecule has 3 atom stereocenters. The molecule has 8 heteroatoms. The van der Waals surface area contributed by atoms with E-state index in [-0.39, 0.29) is 31.5 Å². The number of hydrogen-bond acceptors (Lipinski definition) is 6. The average molecular weight is 509 g/mol. The quantitative estimate of drug-likeness (QED) is 0.295. The molecule has 0 radical (unpaired) electrons. The van der Waals surface area contributed by atoms with Crippen LogP contribution in [0, 0.1) is 0 Å². The molecular formula is C28H32N2O5S. The molecule has 36 heavy (non-hydrogen) atoms. The second-order valence-electron chi connectivity index (χ2n) is 8.57. The van der Waals surface area contributed by atoms with Gasteiger partial charge in [-0.25, -0.2) is 4.79 Å². The number of aliphatic hydroxyl groups excluding tert-OH is 2. The van der Waals surface area contributed by atoms with Crippen LogP contribution in [0.25, 0.3) is 0 Å². The summed E-state index contributed by atoms with van der Waals surface area (Å²) in [5.41, 5.74) is 4.35. The second-order valence-corrected chi connectivity index (χ2v) is 9.72. The summed E-state index contributed by atoms with van der Waals surface area (Å²) in [4.78, 5) is 12.4. The molecule has 1 fully saturated rings.